The second kappa shape index (κ2) is 32.0. The number of esters is 2. The van der Waals surface area contributed by atoms with E-state index in [1.165, 1.54) is 24.0 Å². The number of Topliss-reactive ketones (excluding diaryl/α,β-unsaturated/α-hetero) is 2. The second-order valence-electron chi connectivity index (χ2n) is 37.1. The number of methoxy groups -OCH3 is 2. The van der Waals surface area contributed by atoms with Crippen LogP contribution in [0.5, 0.6) is 23.0 Å². The van der Waals surface area contributed by atoms with Gasteiger partial charge in [0.05, 0.1) is 102 Å². The zero-order valence-electron chi connectivity index (χ0n) is 68.6. The third kappa shape index (κ3) is 17.6. The molecule has 626 valence electrons. The van der Waals surface area contributed by atoms with Gasteiger partial charge >= 0.3 is 11.9 Å². The molecule has 4 saturated carbocycles. The van der Waals surface area contributed by atoms with E-state index in [1.807, 2.05) is 58.9 Å². The molecule has 2 aromatic heterocycles. The number of aryl methyl sites for hydroxylation is 2. The lowest BCUT2D eigenvalue weighted by molar-refractivity contribution is -0.159. The highest BCUT2D eigenvalue weighted by Crippen LogP contribution is 2.61. The molecule has 2 aromatic carbocycles. The number of hydrogen-bond acceptors (Lipinski definition) is 20. The Morgan fingerprint density at radius 3 is 1.36 bits per heavy atom. The topological polar surface area (TPSA) is 317 Å². The summed E-state index contributed by atoms with van der Waals surface area (Å²) >= 11 is 0. The van der Waals surface area contributed by atoms with Crippen molar-refractivity contribution < 1.29 is 92.4 Å². The van der Waals surface area contributed by atoms with Crippen molar-refractivity contribution in [1.29, 1.82) is 0 Å². The molecule has 115 heavy (non-hydrogen) atoms. The van der Waals surface area contributed by atoms with Gasteiger partial charge < -0.3 is 38.2 Å². The van der Waals surface area contributed by atoms with E-state index in [1.54, 1.807) is 71.0 Å². The van der Waals surface area contributed by atoms with Crippen LogP contribution in [-0.2, 0) is 80.7 Å². The Labute approximate surface area is 673 Å². The molecule has 0 radical (unpaired) electrons. The summed E-state index contributed by atoms with van der Waals surface area (Å²) in [5.41, 5.74) is -3.39. The third-order valence-electron chi connectivity index (χ3n) is 25.7. The zero-order valence-corrected chi connectivity index (χ0v) is 70.2. The lowest BCUT2D eigenvalue weighted by atomic mass is 9.84. The van der Waals surface area contributed by atoms with Crippen LogP contribution in [0.2, 0.25) is 0 Å². The third-order valence-corrected chi connectivity index (χ3v) is 30.0. The van der Waals surface area contributed by atoms with Crippen LogP contribution in [0.1, 0.15) is 258 Å². The van der Waals surface area contributed by atoms with Gasteiger partial charge in [-0.25, -0.2) is 35.6 Å². The molecule has 12 atom stereocenters. The SMILES string of the molecule is CCc1nc2ccc(OC)cc2c2c1O[C@]1(C[C@H]2F)C[C@H]2C(=O)C[C@]3(C(=O)NS(=O)(=O)C4(C)CC4)C[C@H]3/C=C\CCCCC[C@H](CC(=O)OC(C)(C)C)C(=O)N2C1.CCc1nc2ccc(OC)cc2c2c1O[C@]1(C[C@H]2F)C[C@H]2C(=O)C[C@]3(C(=O)NS(=O)(=O)C4(C)CC4)C[C@H]3/C=C\CCCCC[C@H](CC(=O)OCC(C)(C)C)C(=O)N2C1. The summed E-state index contributed by atoms with van der Waals surface area (Å²) < 4.78 is 125. The van der Waals surface area contributed by atoms with Crippen LogP contribution in [-0.4, -0.2) is 156 Å². The van der Waals surface area contributed by atoms with Crippen molar-refractivity contribution in [2.24, 2.45) is 39.9 Å². The van der Waals surface area contributed by atoms with Gasteiger partial charge in [-0.05, 0) is 178 Å². The van der Waals surface area contributed by atoms with Crippen molar-refractivity contribution in [3.05, 3.63) is 83.2 Å². The van der Waals surface area contributed by atoms with Gasteiger partial charge in [-0.1, -0.05) is 84.6 Å². The minimum absolute atomic E-state index is 0.0491. The van der Waals surface area contributed by atoms with E-state index < -0.39 is 141 Å². The van der Waals surface area contributed by atoms with Crippen molar-refractivity contribution in [2.45, 2.75) is 287 Å². The maximum atomic E-state index is 17.0. The number of alkyl halides is 2. The van der Waals surface area contributed by atoms with Gasteiger partial charge in [-0.15, -0.1) is 0 Å². The number of halogens is 2. The monoisotopic (exact) mass is 1630 g/mol. The van der Waals surface area contributed by atoms with Crippen LogP contribution < -0.4 is 28.4 Å². The van der Waals surface area contributed by atoms with Crippen LogP contribution in [0.15, 0.2) is 60.7 Å². The molecule has 4 aromatic rings. The first kappa shape index (κ1) is 84.8. The number of rotatable bonds is 15. The Morgan fingerprint density at radius 1 is 0.574 bits per heavy atom. The van der Waals surface area contributed by atoms with Crippen LogP contribution in [0.4, 0.5) is 8.78 Å². The predicted molar refractivity (Wildman–Crippen MR) is 426 cm³/mol. The van der Waals surface area contributed by atoms with Crippen molar-refractivity contribution in [3.8, 4) is 23.0 Å². The first-order valence-electron chi connectivity index (χ1n) is 41.3. The van der Waals surface area contributed by atoms with Crippen molar-refractivity contribution in [1.82, 2.24) is 29.2 Å². The number of nitrogens with zero attached hydrogens (tertiary/aromatic N) is 4. The smallest absolute Gasteiger partial charge is 0.307 e. The number of ether oxygens (including phenoxy) is 6. The summed E-state index contributed by atoms with van der Waals surface area (Å²) in [6.07, 6.45) is 13.1. The van der Waals surface area contributed by atoms with E-state index in [0.29, 0.717) is 133 Å². The summed E-state index contributed by atoms with van der Waals surface area (Å²) in [5.74, 6) is -4.93. The van der Waals surface area contributed by atoms with E-state index in [-0.39, 0.29) is 113 Å². The summed E-state index contributed by atoms with van der Waals surface area (Å²) in [7, 11) is -4.92. The molecule has 6 aliphatic heterocycles. The van der Waals surface area contributed by atoms with Crippen molar-refractivity contribution in [3.63, 3.8) is 0 Å². The van der Waals surface area contributed by atoms with Gasteiger partial charge in [0.15, 0.2) is 11.6 Å². The fraction of sp³-hybridized carbons (Fsp3) is 0.655. The second-order valence-corrected chi connectivity index (χ2v) is 41.5. The largest absolute Gasteiger partial charge is 0.497 e. The Kier molecular flexibility index (Phi) is 23.6. The van der Waals surface area contributed by atoms with Gasteiger partial charge in [-0.3, -0.25) is 47.8 Å². The van der Waals surface area contributed by atoms with E-state index >= 15 is 8.78 Å². The molecular weight excluding hydrogens is 1520 g/mol. The predicted octanol–water partition coefficient (Wildman–Crippen LogP) is 13.8. The number of allylic oxidation sites excluding steroid dienone is 4. The van der Waals surface area contributed by atoms with Gasteiger partial charge in [0.25, 0.3) is 0 Å². The fourth-order valence-electron chi connectivity index (χ4n) is 18.1. The van der Waals surface area contributed by atoms with Crippen molar-refractivity contribution >= 4 is 89.0 Å². The Hall–Kier alpha value is -8.14. The Balaban J connectivity index is 0.000000200. The molecule has 4 aliphatic carbocycles. The number of sulfonamides is 2. The fourth-order valence-corrected chi connectivity index (χ4v) is 20.7. The molecule has 2 N–H and O–H groups in total. The van der Waals surface area contributed by atoms with Gasteiger partial charge in [0.2, 0.25) is 43.7 Å². The maximum Gasteiger partial charge on any atom is 0.307 e. The molecule has 2 spiro atoms. The number of hydrogen-bond donors (Lipinski definition) is 2. The molecule has 14 rings (SSSR count). The number of carbonyl (C=O) groups is 8. The number of carbonyl (C=O) groups excluding carboxylic acids is 8. The van der Waals surface area contributed by atoms with E-state index in [9.17, 15) is 55.2 Å². The summed E-state index contributed by atoms with van der Waals surface area (Å²) in [6, 6.07) is 8.32. The van der Waals surface area contributed by atoms with E-state index in [4.69, 9.17) is 38.4 Å². The highest BCUT2D eigenvalue weighted by atomic mass is 32.2. The first-order valence-corrected chi connectivity index (χ1v) is 44.3. The minimum atomic E-state index is -3.99. The van der Waals surface area contributed by atoms with Crippen molar-refractivity contribution in [2.75, 3.05) is 33.9 Å². The lowest BCUT2D eigenvalue weighted by Crippen LogP contribution is -2.48. The highest BCUT2D eigenvalue weighted by molar-refractivity contribution is 7.92. The number of amides is 4. The molecule has 2 saturated heterocycles. The van der Waals surface area contributed by atoms with Crippen LogP contribution in [0, 0.1) is 39.9 Å². The van der Waals surface area contributed by atoms with Crippen LogP contribution in [0.25, 0.3) is 21.8 Å². The normalized spacial score (nSPS) is 30.4. The van der Waals surface area contributed by atoms with Crippen LogP contribution in [0.3, 0.4) is 0 Å². The summed E-state index contributed by atoms with van der Waals surface area (Å²) in [6.45, 7) is 18.0. The number of aromatic nitrogens is 2. The Morgan fingerprint density at radius 2 is 0.983 bits per heavy atom. The van der Waals surface area contributed by atoms with E-state index in [2.05, 4.69) is 9.44 Å². The number of fused-ring (bicyclic) bond motifs is 10. The molecule has 8 heterocycles. The highest BCUT2D eigenvalue weighted by Gasteiger charge is 2.66. The first-order chi connectivity index (χ1) is 54.2. The minimum Gasteiger partial charge on any atom is -0.497 e. The number of nitrogens with one attached hydrogen (secondary N) is 2. The number of pyridine rings is 2. The summed E-state index contributed by atoms with van der Waals surface area (Å²) in [4.78, 5) is 127. The molecule has 24 nitrogen and oxygen atoms in total. The number of ketones is 2. The van der Waals surface area contributed by atoms with E-state index in [0.717, 1.165) is 25.7 Å². The van der Waals surface area contributed by atoms with Gasteiger partial charge in [0, 0.05) is 72.3 Å². The average molecular weight is 1630 g/mol. The molecule has 10 aliphatic rings. The van der Waals surface area contributed by atoms with Gasteiger partial charge in [0.1, 0.15) is 52.1 Å². The average Bonchev–Trinajstić information content (AvgIpc) is 1.64. The molecule has 6 fully saturated rings. The van der Waals surface area contributed by atoms with Gasteiger partial charge in [-0.2, -0.15) is 0 Å². The quantitative estimate of drug-likeness (QED) is 0.0825. The Bertz CT molecular complexity index is 4840. The molecule has 28 heteroatoms. The maximum absolute atomic E-state index is 17.0. The lowest BCUT2D eigenvalue weighted by Gasteiger charge is -2.38. The number of benzene rings is 2. The molecule has 0 unspecified atom stereocenters. The van der Waals surface area contributed by atoms with Crippen LogP contribution >= 0.6 is 0 Å². The zero-order chi connectivity index (χ0) is 83.0. The standard InChI is InChI=1S/C44H58FN3O9S.C43H56FN3O9S/c1-7-32-38-37(30-20-29(55-6)15-16-33(30)46-32)31(45)22-43(57-38)23-34-35(49)24-44(40(52)47-58(53,54)42(5)17-18-42)21-28(44)14-12-10-8-9-11-13-27(39(51)48(34)25-43)19-36(50)56-26-41(2,3)4;1-7-31-37-36(29-20-28(54-6)15-16-32(29)45-31)30(44)22-42(56-37)23-33-34(48)24-43(39(51)46-57(52,53)41(5)17-18-41)21-27(43)14-12-10-8-9-11-13-26(38(50)47(33)25-42)19-35(49)55-40(2,3)4/h12,14-16,20,27-28,31,34H,7-11,13,17-19,21-26H2,1-6H3,(H,47,52);12,14-16,20,26-27,30,33H,7-11,13,17-19,21-25H2,1-6H3,(H,46,51)/b2*14-12-/t27-,28-,31-,34+,43-,44-;26-,27-,30-,33+,42-,43-/m11/s1. The summed E-state index contributed by atoms with van der Waals surface area (Å²) in [5, 5.41) is 1.11. The molecular formula is C87H114F2N6O18S2. The molecule has 0 bridgehead atoms. The molecule has 4 amide bonds.